The number of unbranched alkanes of at least 4 members (excludes halogenated alkanes) is 1. The lowest BCUT2D eigenvalue weighted by molar-refractivity contribution is -0.126. The van der Waals surface area contributed by atoms with Crippen molar-refractivity contribution in [1.82, 2.24) is 0 Å². The molecular weight excluding hydrogens is 172 g/mol. The van der Waals surface area contributed by atoms with E-state index in [0.717, 1.165) is 32.1 Å². The standard InChI is InChI=1S/C13H26O/c1-6-8-10-12(14)11(9-7-2)13(3,4)5/h11H,6-10H2,1-5H3. The summed E-state index contributed by atoms with van der Waals surface area (Å²) < 4.78 is 0. The van der Waals surface area contributed by atoms with Crippen molar-refractivity contribution in [2.45, 2.75) is 66.7 Å². The van der Waals surface area contributed by atoms with Gasteiger partial charge in [0, 0.05) is 12.3 Å². The maximum absolute atomic E-state index is 11.9. The monoisotopic (exact) mass is 198 g/mol. The van der Waals surface area contributed by atoms with Crippen LogP contribution in [-0.2, 0) is 4.79 Å². The zero-order valence-corrected chi connectivity index (χ0v) is 10.5. The average molecular weight is 198 g/mol. The summed E-state index contributed by atoms with van der Waals surface area (Å²) in [5.74, 6) is 0.736. The largest absolute Gasteiger partial charge is 0.299 e. The Morgan fingerprint density at radius 2 is 1.71 bits per heavy atom. The molecule has 0 aromatic carbocycles. The summed E-state index contributed by atoms with van der Waals surface area (Å²) >= 11 is 0. The Balaban J connectivity index is 4.26. The van der Waals surface area contributed by atoms with Gasteiger partial charge >= 0.3 is 0 Å². The quantitative estimate of drug-likeness (QED) is 0.625. The van der Waals surface area contributed by atoms with Crippen LogP contribution in [0.3, 0.4) is 0 Å². The highest BCUT2D eigenvalue weighted by molar-refractivity contribution is 5.81. The van der Waals surface area contributed by atoms with E-state index in [2.05, 4.69) is 34.6 Å². The number of ketones is 1. The number of carbonyl (C=O) groups is 1. The molecule has 1 atom stereocenters. The van der Waals surface area contributed by atoms with E-state index in [1.165, 1.54) is 0 Å². The second-order valence-electron chi connectivity index (χ2n) is 5.28. The van der Waals surface area contributed by atoms with E-state index in [1.807, 2.05) is 0 Å². The van der Waals surface area contributed by atoms with Gasteiger partial charge in [0.05, 0.1) is 0 Å². The van der Waals surface area contributed by atoms with Gasteiger partial charge < -0.3 is 0 Å². The zero-order chi connectivity index (χ0) is 11.2. The van der Waals surface area contributed by atoms with Crippen molar-refractivity contribution in [3.63, 3.8) is 0 Å². The highest BCUT2D eigenvalue weighted by Crippen LogP contribution is 2.31. The second kappa shape index (κ2) is 6.21. The molecule has 1 unspecified atom stereocenters. The Bertz CT molecular complexity index is 165. The van der Waals surface area contributed by atoms with Gasteiger partial charge in [0.1, 0.15) is 5.78 Å². The lowest BCUT2D eigenvalue weighted by Crippen LogP contribution is -2.28. The number of carbonyl (C=O) groups excluding carboxylic acids is 1. The molecule has 0 aromatic rings. The topological polar surface area (TPSA) is 17.1 Å². The highest BCUT2D eigenvalue weighted by Gasteiger charge is 2.29. The molecule has 1 heteroatoms. The molecule has 0 heterocycles. The first kappa shape index (κ1) is 13.7. The molecule has 84 valence electrons. The molecule has 0 amide bonds. The summed E-state index contributed by atoms with van der Waals surface area (Å²) in [4.78, 5) is 11.9. The first-order valence-corrected chi connectivity index (χ1v) is 5.96. The molecule has 0 fully saturated rings. The Morgan fingerprint density at radius 1 is 1.14 bits per heavy atom. The third-order valence-electron chi connectivity index (χ3n) is 2.79. The summed E-state index contributed by atoms with van der Waals surface area (Å²) in [6, 6.07) is 0. The average Bonchev–Trinajstić information content (AvgIpc) is 2.08. The van der Waals surface area contributed by atoms with E-state index >= 15 is 0 Å². The van der Waals surface area contributed by atoms with Crippen LogP contribution >= 0.6 is 0 Å². The van der Waals surface area contributed by atoms with Crippen LogP contribution in [0.2, 0.25) is 0 Å². The Hall–Kier alpha value is -0.330. The first-order valence-electron chi connectivity index (χ1n) is 5.96. The van der Waals surface area contributed by atoms with Crippen LogP contribution in [0.4, 0.5) is 0 Å². The zero-order valence-electron chi connectivity index (χ0n) is 10.5. The molecule has 0 radical (unpaired) electrons. The minimum absolute atomic E-state index is 0.140. The third kappa shape index (κ3) is 4.78. The lowest BCUT2D eigenvalue weighted by Gasteiger charge is -2.29. The summed E-state index contributed by atoms with van der Waals surface area (Å²) in [7, 11) is 0. The van der Waals surface area contributed by atoms with Gasteiger partial charge in [-0.2, -0.15) is 0 Å². The summed E-state index contributed by atoms with van der Waals surface area (Å²) in [6.07, 6.45) is 5.11. The predicted octanol–water partition coefficient (Wildman–Crippen LogP) is 4.21. The van der Waals surface area contributed by atoms with Crippen LogP contribution in [0.25, 0.3) is 0 Å². The van der Waals surface area contributed by atoms with Gasteiger partial charge in [-0.3, -0.25) is 4.79 Å². The van der Waals surface area contributed by atoms with Crippen LogP contribution in [0.1, 0.15) is 66.7 Å². The van der Waals surface area contributed by atoms with Crippen molar-refractivity contribution in [3.05, 3.63) is 0 Å². The van der Waals surface area contributed by atoms with Crippen molar-refractivity contribution >= 4 is 5.78 Å². The van der Waals surface area contributed by atoms with Crippen molar-refractivity contribution in [3.8, 4) is 0 Å². The van der Waals surface area contributed by atoms with Crippen molar-refractivity contribution in [2.75, 3.05) is 0 Å². The van der Waals surface area contributed by atoms with Crippen LogP contribution in [-0.4, -0.2) is 5.78 Å². The summed E-state index contributed by atoms with van der Waals surface area (Å²) in [5.41, 5.74) is 0.140. The second-order valence-corrected chi connectivity index (χ2v) is 5.28. The normalized spacial score (nSPS) is 14.1. The molecule has 0 aliphatic rings. The maximum atomic E-state index is 11.9. The fourth-order valence-electron chi connectivity index (χ4n) is 1.89. The smallest absolute Gasteiger partial charge is 0.136 e. The van der Waals surface area contributed by atoms with E-state index in [4.69, 9.17) is 0 Å². The van der Waals surface area contributed by atoms with Gasteiger partial charge in [0.25, 0.3) is 0 Å². The maximum Gasteiger partial charge on any atom is 0.136 e. The highest BCUT2D eigenvalue weighted by atomic mass is 16.1. The fraction of sp³-hybridized carbons (Fsp3) is 0.923. The van der Waals surface area contributed by atoms with Crippen LogP contribution in [0, 0.1) is 11.3 Å². The molecule has 1 nitrogen and oxygen atoms in total. The van der Waals surface area contributed by atoms with Crippen LogP contribution < -0.4 is 0 Å². The Labute approximate surface area is 89.3 Å². The molecule has 0 saturated heterocycles. The molecule has 0 aliphatic carbocycles. The van der Waals surface area contributed by atoms with E-state index in [1.54, 1.807) is 0 Å². The Kier molecular flexibility index (Phi) is 6.06. The molecule has 0 rings (SSSR count). The molecule has 14 heavy (non-hydrogen) atoms. The molecule has 0 bridgehead atoms. The van der Waals surface area contributed by atoms with Crippen LogP contribution in [0.15, 0.2) is 0 Å². The van der Waals surface area contributed by atoms with Crippen molar-refractivity contribution < 1.29 is 4.79 Å². The summed E-state index contributed by atoms with van der Waals surface area (Å²) in [6.45, 7) is 10.8. The van der Waals surface area contributed by atoms with Crippen LogP contribution in [0.5, 0.6) is 0 Å². The molecule has 0 spiro atoms. The number of rotatable bonds is 6. The van der Waals surface area contributed by atoms with Gasteiger partial charge in [0.15, 0.2) is 0 Å². The molecule has 0 N–H and O–H groups in total. The molecule has 0 aromatic heterocycles. The third-order valence-corrected chi connectivity index (χ3v) is 2.79. The number of hydrogen-bond donors (Lipinski definition) is 0. The predicted molar refractivity (Wildman–Crippen MR) is 62.4 cm³/mol. The van der Waals surface area contributed by atoms with E-state index in [9.17, 15) is 4.79 Å². The van der Waals surface area contributed by atoms with Gasteiger partial charge in [-0.25, -0.2) is 0 Å². The molecular formula is C13H26O. The van der Waals surface area contributed by atoms with E-state index in [-0.39, 0.29) is 11.3 Å². The van der Waals surface area contributed by atoms with E-state index < -0.39 is 0 Å². The first-order chi connectivity index (χ1) is 6.43. The van der Waals surface area contributed by atoms with Crippen molar-refractivity contribution in [1.29, 1.82) is 0 Å². The Morgan fingerprint density at radius 3 is 2.07 bits per heavy atom. The minimum Gasteiger partial charge on any atom is -0.299 e. The van der Waals surface area contributed by atoms with Gasteiger partial charge in [-0.1, -0.05) is 47.5 Å². The minimum atomic E-state index is 0.140. The van der Waals surface area contributed by atoms with Gasteiger partial charge in [0.2, 0.25) is 0 Å². The molecule has 0 saturated carbocycles. The number of hydrogen-bond acceptors (Lipinski definition) is 1. The molecule has 0 aliphatic heterocycles. The lowest BCUT2D eigenvalue weighted by atomic mass is 9.74. The van der Waals surface area contributed by atoms with Gasteiger partial charge in [-0.15, -0.1) is 0 Å². The van der Waals surface area contributed by atoms with Gasteiger partial charge in [-0.05, 0) is 18.3 Å². The summed E-state index contributed by atoms with van der Waals surface area (Å²) in [5, 5.41) is 0. The number of Topliss-reactive ketones (excluding diaryl/α,β-unsaturated/α-hetero) is 1. The SMILES string of the molecule is CCCCC(=O)C(CCC)C(C)(C)C. The fourth-order valence-corrected chi connectivity index (χ4v) is 1.89. The van der Waals surface area contributed by atoms with Crippen molar-refractivity contribution in [2.24, 2.45) is 11.3 Å². The van der Waals surface area contributed by atoms with E-state index in [0.29, 0.717) is 5.78 Å².